The number of likely N-dealkylation sites (tertiary alicyclic amines) is 1. The SMILES string of the molecule is CCn1c(C2CCN(C(=O)NCCCc3ccccc3)CC2)nn(CCOC)c1=O. The van der Waals surface area contributed by atoms with Crippen LogP contribution in [0.2, 0.25) is 0 Å². The molecular weight excluding hydrogens is 382 g/mol. The molecule has 0 radical (unpaired) electrons. The number of benzene rings is 1. The zero-order chi connectivity index (χ0) is 21.3. The van der Waals surface area contributed by atoms with Gasteiger partial charge in [-0.3, -0.25) is 4.57 Å². The molecular formula is C22H33N5O3. The van der Waals surface area contributed by atoms with Crippen LogP contribution >= 0.6 is 0 Å². The quantitative estimate of drug-likeness (QED) is 0.637. The highest BCUT2D eigenvalue weighted by Gasteiger charge is 2.28. The smallest absolute Gasteiger partial charge is 0.345 e. The third-order valence-electron chi connectivity index (χ3n) is 5.68. The van der Waals surface area contributed by atoms with Gasteiger partial charge < -0.3 is 15.0 Å². The molecule has 8 nitrogen and oxygen atoms in total. The summed E-state index contributed by atoms with van der Waals surface area (Å²) in [6.07, 6.45) is 3.52. The molecule has 1 aromatic carbocycles. The molecule has 30 heavy (non-hydrogen) atoms. The number of aryl methyl sites for hydroxylation is 1. The van der Waals surface area contributed by atoms with E-state index in [4.69, 9.17) is 4.74 Å². The van der Waals surface area contributed by atoms with Crippen LogP contribution < -0.4 is 11.0 Å². The lowest BCUT2D eigenvalue weighted by Crippen LogP contribution is -2.44. The maximum Gasteiger partial charge on any atom is 0.345 e. The zero-order valence-corrected chi connectivity index (χ0v) is 18.0. The summed E-state index contributed by atoms with van der Waals surface area (Å²) < 4.78 is 8.32. The number of ether oxygens (including phenoxy) is 1. The zero-order valence-electron chi connectivity index (χ0n) is 18.0. The van der Waals surface area contributed by atoms with E-state index < -0.39 is 0 Å². The summed E-state index contributed by atoms with van der Waals surface area (Å²) in [6, 6.07) is 10.3. The first-order valence-electron chi connectivity index (χ1n) is 10.9. The Morgan fingerprint density at radius 2 is 1.97 bits per heavy atom. The first kappa shape index (κ1) is 22.1. The Morgan fingerprint density at radius 3 is 2.63 bits per heavy atom. The molecule has 3 rings (SSSR count). The van der Waals surface area contributed by atoms with Gasteiger partial charge in [0, 0.05) is 39.2 Å². The first-order valence-corrected chi connectivity index (χ1v) is 10.9. The standard InChI is InChI=1S/C22H33N5O3/c1-3-26-20(24-27(22(26)29)16-17-30-2)19-11-14-25(15-12-19)21(28)23-13-7-10-18-8-5-4-6-9-18/h4-6,8-9,19H,3,7,10-17H2,1-2H3,(H,23,28). The second-order valence-electron chi connectivity index (χ2n) is 7.68. The van der Waals surface area contributed by atoms with Crippen molar-refractivity contribution in [3.63, 3.8) is 0 Å². The number of piperidine rings is 1. The fourth-order valence-corrected chi connectivity index (χ4v) is 3.97. The summed E-state index contributed by atoms with van der Waals surface area (Å²) in [4.78, 5) is 26.9. The van der Waals surface area contributed by atoms with E-state index >= 15 is 0 Å². The molecule has 1 saturated heterocycles. The average molecular weight is 416 g/mol. The predicted octanol–water partition coefficient (Wildman–Crippen LogP) is 2.23. The first-order chi connectivity index (χ1) is 14.6. The second-order valence-corrected chi connectivity index (χ2v) is 7.68. The molecule has 1 N–H and O–H groups in total. The fourth-order valence-electron chi connectivity index (χ4n) is 3.97. The van der Waals surface area contributed by atoms with Crippen LogP contribution in [0.25, 0.3) is 0 Å². The van der Waals surface area contributed by atoms with Crippen LogP contribution in [0.1, 0.15) is 43.5 Å². The Balaban J connectivity index is 1.47. The summed E-state index contributed by atoms with van der Waals surface area (Å²) in [5.74, 6) is 1.03. The Hall–Kier alpha value is -2.61. The number of rotatable bonds is 9. The van der Waals surface area contributed by atoms with Crippen LogP contribution in [0.5, 0.6) is 0 Å². The van der Waals surface area contributed by atoms with E-state index in [2.05, 4.69) is 22.5 Å². The van der Waals surface area contributed by atoms with Crippen molar-refractivity contribution >= 4 is 6.03 Å². The molecule has 0 atom stereocenters. The maximum atomic E-state index is 12.5. The van der Waals surface area contributed by atoms with Crippen LogP contribution in [0.15, 0.2) is 35.1 Å². The molecule has 0 bridgehead atoms. The summed E-state index contributed by atoms with van der Waals surface area (Å²) >= 11 is 0. The van der Waals surface area contributed by atoms with Gasteiger partial charge in [0.05, 0.1) is 13.2 Å². The van der Waals surface area contributed by atoms with Crippen LogP contribution in [0, 0.1) is 0 Å². The summed E-state index contributed by atoms with van der Waals surface area (Å²) in [5, 5.41) is 7.60. The van der Waals surface area contributed by atoms with E-state index in [-0.39, 0.29) is 17.6 Å². The number of hydrogen-bond acceptors (Lipinski definition) is 4. The topological polar surface area (TPSA) is 81.4 Å². The number of nitrogens with zero attached hydrogens (tertiary/aromatic N) is 4. The van der Waals surface area contributed by atoms with Crippen molar-refractivity contribution in [3.8, 4) is 0 Å². The summed E-state index contributed by atoms with van der Waals surface area (Å²) in [7, 11) is 1.62. The van der Waals surface area contributed by atoms with Gasteiger partial charge in [-0.15, -0.1) is 0 Å². The highest BCUT2D eigenvalue weighted by atomic mass is 16.5. The third kappa shape index (κ3) is 5.50. The van der Waals surface area contributed by atoms with E-state index in [0.717, 1.165) is 31.5 Å². The van der Waals surface area contributed by atoms with Crippen LogP contribution in [-0.4, -0.2) is 58.6 Å². The van der Waals surface area contributed by atoms with Crippen LogP contribution in [0.4, 0.5) is 4.79 Å². The van der Waals surface area contributed by atoms with Gasteiger partial charge in [0.25, 0.3) is 0 Å². The molecule has 0 unspecified atom stereocenters. The molecule has 164 valence electrons. The molecule has 1 aromatic heterocycles. The summed E-state index contributed by atoms with van der Waals surface area (Å²) in [5.41, 5.74) is 1.21. The van der Waals surface area contributed by atoms with Gasteiger partial charge in [0.2, 0.25) is 0 Å². The van der Waals surface area contributed by atoms with E-state index in [1.807, 2.05) is 30.0 Å². The number of amides is 2. The molecule has 0 saturated carbocycles. The number of carbonyl (C=O) groups is 1. The Kier molecular flexibility index (Phi) is 8.07. The van der Waals surface area contributed by atoms with Crippen molar-refractivity contribution in [1.82, 2.24) is 24.6 Å². The number of hydrogen-bond donors (Lipinski definition) is 1. The lowest BCUT2D eigenvalue weighted by atomic mass is 9.96. The molecule has 1 aliphatic rings. The Labute approximate surface area is 177 Å². The Bertz CT molecular complexity index is 853. The van der Waals surface area contributed by atoms with Gasteiger partial charge in [-0.2, -0.15) is 5.10 Å². The van der Waals surface area contributed by atoms with Crippen LogP contribution in [0.3, 0.4) is 0 Å². The van der Waals surface area contributed by atoms with Gasteiger partial charge in [-0.25, -0.2) is 14.3 Å². The van der Waals surface area contributed by atoms with E-state index in [9.17, 15) is 9.59 Å². The van der Waals surface area contributed by atoms with Crippen molar-refractivity contribution in [2.24, 2.45) is 0 Å². The normalized spacial score (nSPS) is 14.8. The lowest BCUT2D eigenvalue weighted by Gasteiger charge is -2.31. The van der Waals surface area contributed by atoms with E-state index in [0.29, 0.717) is 39.3 Å². The third-order valence-corrected chi connectivity index (χ3v) is 5.68. The lowest BCUT2D eigenvalue weighted by molar-refractivity contribution is 0.178. The minimum absolute atomic E-state index is 0.0000162. The molecule has 2 heterocycles. The van der Waals surface area contributed by atoms with Crippen molar-refractivity contribution in [3.05, 3.63) is 52.2 Å². The largest absolute Gasteiger partial charge is 0.383 e. The van der Waals surface area contributed by atoms with Gasteiger partial charge in [0.15, 0.2) is 0 Å². The van der Waals surface area contributed by atoms with Crippen LogP contribution in [-0.2, 0) is 24.2 Å². The number of carbonyl (C=O) groups excluding carboxylic acids is 1. The average Bonchev–Trinajstić information content (AvgIpc) is 3.11. The number of nitrogens with one attached hydrogen (secondary N) is 1. The minimum atomic E-state index is -0.0804. The predicted molar refractivity (Wildman–Crippen MR) is 116 cm³/mol. The number of methoxy groups -OCH3 is 1. The van der Waals surface area contributed by atoms with Crippen molar-refractivity contribution < 1.29 is 9.53 Å². The minimum Gasteiger partial charge on any atom is -0.383 e. The van der Waals surface area contributed by atoms with Crippen molar-refractivity contribution in [1.29, 1.82) is 0 Å². The molecule has 0 aliphatic carbocycles. The van der Waals surface area contributed by atoms with Crippen molar-refractivity contribution in [2.45, 2.75) is 51.6 Å². The molecule has 1 fully saturated rings. The van der Waals surface area contributed by atoms with E-state index in [1.54, 1.807) is 11.7 Å². The highest BCUT2D eigenvalue weighted by Crippen LogP contribution is 2.26. The summed E-state index contributed by atoms with van der Waals surface area (Å²) in [6.45, 7) is 5.51. The van der Waals surface area contributed by atoms with Gasteiger partial charge in [-0.05, 0) is 38.2 Å². The van der Waals surface area contributed by atoms with Gasteiger partial charge in [-0.1, -0.05) is 30.3 Å². The van der Waals surface area contributed by atoms with Gasteiger partial charge in [0.1, 0.15) is 5.82 Å². The highest BCUT2D eigenvalue weighted by molar-refractivity contribution is 5.74. The number of aromatic nitrogens is 3. The van der Waals surface area contributed by atoms with E-state index in [1.165, 1.54) is 10.2 Å². The molecule has 0 spiro atoms. The Morgan fingerprint density at radius 1 is 1.23 bits per heavy atom. The molecule has 1 aliphatic heterocycles. The maximum absolute atomic E-state index is 12.5. The molecule has 2 aromatic rings. The second kappa shape index (κ2) is 11.0. The van der Waals surface area contributed by atoms with Gasteiger partial charge >= 0.3 is 11.7 Å². The monoisotopic (exact) mass is 415 g/mol. The fraction of sp³-hybridized carbons (Fsp3) is 0.591. The number of urea groups is 1. The van der Waals surface area contributed by atoms with Crippen molar-refractivity contribution in [2.75, 3.05) is 33.4 Å². The molecule has 8 heteroatoms. The molecule has 2 amide bonds.